The number of ether oxygens (including phenoxy) is 1. The van der Waals surface area contributed by atoms with Crippen molar-refractivity contribution in [3.8, 4) is 0 Å². The zero-order chi connectivity index (χ0) is 18.4. The first kappa shape index (κ1) is 19.4. The Bertz CT molecular complexity index is 581. The van der Waals surface area contributed by atoms with E-state index < -0.39 is 0 Å². The predicted molar refractivity (Wildman–Crippen MR) is 94.6 cm³/mol. The molecular formula is C19H27FN2O3. The first-order valence-electron chi connectivity index (χ1n) is 8.89. The number of rotatable bonds is 6. The maximum atomic E-state index is 13.0. The number of amides is 1. The van der Waals surface area contributed by atoms with Crippen LogP contribution in [-0.2, 0) is 14.3 Å². The van der Waals surface area contributed by atoms with E-state index in [4.69, 9.17) is 4.74 Å². The van der Waals surface area contributed by atoms with Crippen molar-refractivity contribution in [1.82, 2.24) is 4.90 Å². The third-order valence-electron chi connectivity index (χ3n) is 4.55. The number of carbonyl (C=O) groups is 2. The number of likely N-dealkylation sites (tertiary alicyclic amines) is 1. The van der Waals surface area contributed by atoms with Crippen molar-refractivity contribution in [3.05, 3.63) is 30.1 Å². The molecular weight excluding hydrogens is 323 g/mol. The number of nitrogens with zero attached hydrogens (tertiary/aromatic N) is 1. The van der Waals surface area contributed by atoms with Crippen LogP contribution in [0.4, 0.5) is 10.1 Å². The second-order valence-corrected chi connectivity index (χ2v) is 6.75. The topological polar surface area (TPSA) is 58.6 Å². The number of carbonyl (C=O) groups excluding carboxylic acids is 2. The molecule has 1 heterocycles. The van der Waals surface area contributed by atoms with Crippen molar-refractivity contribution in [1.29, 1.82) is 0 Å². The summed E-state index contributed by atoms with van der Waals surface area (Å²) in [5.74, 6) is -0.529. The second kappa shape index (κ2) is 8.94. The molecule has 1 amide bonds. The second-order valence-electron chi connectivity index (χ2n) is 6.75. The minimum atomic E-state index is -0.334. The lowest BCUT2D eigenvalue weighted by atomic mass is 9.93. The van der Waals surface area contributed by atoms with Gasteiger partial charge in [-0.2, -0.15) is 0 Å². The normalized spacial score (nSPS) is 17.3. The highest BCUT2D eigenvalue weighted by atomic mass is 19.1. The summed E-state index contributed by atoms with van der Waals surface area (Å²) < 4.78 is 18.1. The highest BCUT2D eigenvalue weighted by Gasteiger charge is 2.34. The summed E-state index contributed by atoms with van der Waals surface area (Å²) >= 11 is 0. The van der Waals surface area contributed by atoms with Gasteiger partial charge in [0.2, 0.25) is 5.91 Å². The molecule has 1 aliphatic heterocycles. The molecule has 1 aromatic rings. The minimum absolute atomic E-state index is 0.0795. The number of hydrogen-bond acceptors (Lipinski definition) is 4. The van der Waals surface area contributed by atoms with Crippen LogP contribution in [0.5, 0.6) is 0 Å². The Morgan fingerprint density at radius 2 is 1.84 bits per heavy atom. The van der Waals surface area contributed by atoms with Crippen LogP contribution in [0.15, 0.2) is 24.3 Å². The van der Waals surface area contributed by atoms with Gasteiger partial charge in [0.05, 0.1) is 18.6 Å². The van der Waals surface area contributed by atoms with Crippen LogP contribution >= 0.6 is 0 Å². The van der Waals surface area contributed by atoms with Crippen molar-refractivity contribution >= 4 is 17.6 Å². The molecule has 1 atom stereocenters. The monoisotopic (exact) mass is 350 g/mol. The van der Waals surface area contributed by atoms with Crippen LogP contribution in [0.3, 0.4) is 0 Å². The van der Waals surface area contributed by atoms with Crippen molar-refractivity contribution in [3.63, 3.8) is 0 Å². The average Bonchev–Trinajstić information content (AvgIpc) is 2.57. The Kier molecular flexibility index (Phi) is 6.93. The van der Waals surface area contributed by atoms with Crippen molar-refractivity contribution in [2.24, 2.45) is 11.8 Å². The number of hydrogen-bond donors (Lipinski definition) is 1. The van der Waals surface area contributed by atoms with E-state index in [9.17, 15) is 14.0 Å². The molecule has 5 nitrogen and oxygen atoms in total. The molecule has 1 aromatic carbocycles. The molecule has 1 N–H and O–H groups in total. The molecule has 0 unspecified atom stereocenters. The van der Waals surface area contributed by atoms with E-state index in [0.29, 0.717) is 38.2 Å². The maximum absolute atomic E-state index is 13.0. The van der Waals surface area contributed by atoms with E-state index in [-0.39, 0.29) is 35.6 Å². The van der Waals surface area contributed by atoms with Gasteiger partial charge in [-0.15, -0.1) is 0 Å². The van der Waals surface area contributed by atoms with Gasteiger partial charge in [-0.3, -0.25) is 14.5 Å². The van der Waals surface area contributed by atoms with Crippen LogP contribution < -0.4 is 5.32 Å². The summed E-state index contributed by atoms with van der Waals surface area (Å²) in [6.45, 7) is 7.58. The van der Waals surface area contributed by atoms with Crippen molar-refractivity contribution in [2.75, 3.05) is 25.0 Å². The molecule has 0 saturated carbocycles. The standard InChI is InChI=1S/C19H27FN2O3/c1-4-25-19(24)14-9-11-22(12-10-14)17(13(2)3)18(23)21-16-7-5-15(20)6-8-16/h5-8,13-14,17H,4,9-12H2,1-3H3,(H,21,23)/t17-/m1/s1. The van der Waals surface area contributed by atoms with Crippen molar-refractivity contribution in [2.45, 2.75) is 39.7 Å². The number of benzene rings is 1. The first-order valence-corrected chi connectivity index (χ1v) is 8.89. The fourth-order valence-electron chi connectivity index (χ4n) is 3.31. The van der Waals surface area contributed by atoms with Gasteiger partial charge in [0.1, 0.15) is 5.82 Å². The number of esters is 1. The van der Waals surface area contributed by atoms with E-state index in [1.165, 1.54) is 12.1 Å². The van der Waals surface area contributed by atoms with Gasteiger partial charge in [-0.05, 0) is 63.0 Å². The zero-order valence-corrected chi connectivity index (χ0v) is 15.1. The smallest absolute Gasteiger partial charge is 0.309 e. The van der Waals surface area contributed by atoms with Crippen LogP contribution in [-0.4, -0.2) is 42.5 Å². The summed E-state index contributed by atoms with van der Waals surface area (Å²) in [4.78, 5) is 26.7. The summed E-state index contributed by atoms with van der Waals surface area (Å²) in [7, 11) is 0. The van der Waals surface area contributed by atoms with Gasteiger partial charge >= 0.3 is 5.97 Å². The Labute approximate surface area is 148 Å². The quantitative estimate of drug-likeness (QED) is 0.801. The lowest BCUT2D eigenvalue weighted by Gasteiger charge is -2.37. The van der Waals surface area contributed by atoms with Gasteiger partial charge in [0.15, 0.2) is 0 Å². The van der Waals surface area contributed by atoms with Crippen molar-refractivity contribution < 1.29 is 18.7 Å². The van der Waals surface area contributed by atoms with Gasteiger partial charge < -0.3 is 10.1 Å². The fourth-order valence-corrected chi connectivity index (χ4v) is 3.31. The Morgan fingerprint density at radius 1 is 1.24 bits per heavy atom. The first-order chi connectivity index (χ1) is 11.9. The largest absolute Gasteiger partial charge is 0.466 e. The van der Waals surface area contributed by atoms with E-state index in [1.54, 1.807) is 12.1 Å². The molecule has 1 fully saturated rings. The zero-order valence-electron chi connectivity index (χ0n) is 15.1. The molecule has 25 heavy (non-hydrogen) atoms. The Hall–Kier alpha value is -1.95. The summed E-state index contributed by atoms with van der Waals surface area (Å²) in [5, 5.41) is 2.86. The highest BCUT2D eigenvalue weighted by molar-refractivity contribution is 5.95. The average molecular weight is 350 g/mol. The Morgan fingerprint density at radius 3 is 2.36 bits per heavy atom. The van der Waals surface area contributed by atoms with Crippen LogP contribution in [0.1, 0.15) is 33.6 Å². The molecule has 1 saturated heterocycles. The maximum Gasteiger partial charge on any atom is 0.309 e. The predicted octanol–water partition coefficient (Wildman–Crippen LogP) is 3.06. The van der Waals surface area contributed by atoms with E-state index in [2.05, 4.69) is 10.2 Å². The molecule has 0 radical (unpaired) electrons. The third kappa shape index (κ3) is 5.26. The van der Waals surface area contributed by atoms with Gasteiger partial charge in [-0.25, -0.2) is 4.39 Å². The van der Waals surface area contributed by atoms with Gasteiger partial charge in [-0.1, -0.05) is 13.8 Å². The minimum Gasteiger partial charge on any atom is -0.466 e. The molecule has 6 heteroatoms. The van der Waals surface area contributed by atoms with E-state index >= 15 is 0 Å². The number of piperidine rings is 1. The third-order valence-corrected chi connectivity index (χ3v) is 4.55. The van der Waals surface area contributed by atoms with Gasteiger partial charge in [0, 0.05) is 5.69 Å². The number of anilines is 1. The van der Waals surface area contributed by atoms with E-state index in [0.717, 1.165) is 0 Å². The van der Waals surface area contributed by atoms with Gasteiger partial charge in [0.25, 0.3) is 0 Å². The van der Waals surface area contributed by atoms with Crippen LogP contribution in [0.2, 0.25) is 0 Å². The molecule has 0 spiro atoms. The Balaban J connectivity index is 1.97. The highest BCUT2D eigenvalue weighted by Crippen LogP contribution is 2.24. The molecule has 1 aliphatic rings. The lowest BCUT2D eigenvalue weighted by molar-refractivity contribution is -0.150. The molecule has 138 valence electrons. The summed E-state index contributed by atoms with van der Waals surface area (Å²) in [6, 6.07) is 5.47. The fraction of sp³-hybridized carbons (Fsp3) is 0.579. The van der Waals surface area contributed by atoms with Crippen LogP contribution in [0.25, 0.3) is 0 Å². The summed E-state index contributed by atoms with van der Waals surface area (Å²) in [5.41, 5.74) is 0.582. The molecule has 2 rings (SSSR count). The number of halogens is 1. The summed E-state index contributed by atoms with van der Waals surface area (Å²) in [6.07, 6.45) is 1.40. The SMILES string of the molecule is CCOC(=O)C1CCN([C@@H](C(=O)Nc2ccc(F)cc2)C(C)C)CC1. The lowest BCUT2D eigenvalue weighted by Crippen LogP contribution is -2.51. The van der Waals surface area contributed by atoms with Crippen LogP contribution in [0, 0.1) is 17.7 Å². The molecule has 0 aliphatic carbocycles. The van der Waals surface area contributed by atoms with E-state index in [1.807, 2.05) is 20.8 Å². The number of nitrogens with one attached hydrogen (secondary N) is 1. The molecule has 0 bridgehead atoms. The molecule has 0 aromatic heterocycles.